The van der Waals surface area contributed by atoms with Gasteiger partial charge >= 0.3 is 12.4 Å². The van der Waals surface area contributed by atoms with E-state index in [1.54, 1.807) is 37.3 Å². The maximum absolute atomic E-state index is 13.4. The molecule has 0 aliphatic carbocycles. The summed E-state index contributed by atoms with van der Waals surface area (Å²) >= 11 is 5.86. The molecule has 11 heteroatoms. The second kappa shape index (κ2) is 7.23. The van der Waals surface area contributed by atoms with Gasteiger partial charge < -0.3 is 4.98 Å². The van der Waals surface area contributed by atoms with Gasteiger partial charge in [-0.15, -0.1) is 10.2 Å². The summed E-state index contributed by atoms with van der Waals surface area (Å²) in [5.74, 6) is 0.00439. The molecule has 4 aromatic rings. The summed E-state index contributed by atoms with van der Waals surface area (Å²) < 4.78 is 79.2. The van der Waals surface area contributed by atoms with Crippen molar-refractivity contribution in [3.8, 4) is 22.6 Å². The topological polar surface area (TPSA) is 54.5 Å². The molecule has 0 saturated carbocycles. The molecule has 160 valence electrons. The van der Waals surface area contributed by atoms with Gasteiger partial charge in [-0.1, -0.05) is 35.9 Å². The number of H-pyrrole nitrogens is 1. The van der Waals surface area contributed by atoms with Crippen molar-refractivity contribution in [1.82, 2.24) is 20.2 Å². The third-order valence-corrected chi connectivity index (χ3v) is 4.97. The Kier molecular flexibility index (Phi) is 4.92. The van der Waals surface area contributed by atoms with Gasteiger partial charge in [-0.3, -0.25) is 0 Å². The van der Waals surface area contributed by atoms with Gasteiger partial charge in [-0.25, -0.2) is 4.98 Å². The summed E-state index contributed by atoms with van der Waals surface area (Å²) in [7, 11) is 0. The average molecular weight is 457 g/mol. The number of halogens is 7. The van der Waals surface area contributed by atoms with Crippen LogP contribution in [0.3, 0.4) is 0 Å². The minimum atomic E-state index is -5.00. The maximum atomic E-state index is 13.4. The molecule has 4 nitrogen and oxygen atoms in total. The van der Waals surface area contributed by atoms with Gasteiger partial charge in [0.25, 0.3) is 0 Å². The Bertz CT molecular complexity index is 1280. The molecular formula is C20H11ClF6N4. The molecule has 0 radical (unpaired) electrons. The number of alkyl halides is 6. The summed E-state index contributed by atoms with van der Waals surface area (Å²) in [5, 5.41) is 8.07. The summed E-state index contributed by atoms with van der Waals surface area (Å²) in [5.41, 5.74) is -1.50. The molecule has 0 aliphatic heterocycles. The van der Waals surface area contributed by atoms with Gasteiger partial charge in [0.05, 0.1) is 22.3 Å². The van der Waals surface area contributed by atoms with E-state index in [-0.39, 0.29) is 22.6 Å². The first kappa shape index (κ1) is 21.1. The normalized spacial score (nSPS) is 12.5. The summed E-state index contributed by atoms with van der Waals surface area (Å²) in [6.07, 6.45) is -9.93. The molecule has 0 saturated heterocycles. The van der Waals surface area contributed by atoms with Crippen LogP contribution >= 0.6 is 11.6 Å². The highest BCUT2D eigenvalue weighted by Gasteiger charge is 2.39. The molecule has 2 heterocycles. The quantitative estimate of drug-likeness (QED) is 0.342. The number of aromatic amines is 1. The van der Waals surface area contributed by atoms with Crippen LogP contribution < -0.4 is 0 Å². The summed E-state index contributed by atoms with van der Waals surface area (Å²) in [6.45, 7) is 1.76. The zero-order chi connectivity index (χ0) is 22.6. The van der Waals surface area contributed by atoms with Crippen molar-refractivity contribution in [3.05, 3.63) is 64.3 Å². The standard InChI is InChI=1S/C20H11ClF6N4/c1-9-6-14(30-31-17(9)21)10-2-4-11(5-3-10)18-28-15-8-12(19(22,23)24)7-13(16(15)29-18)20(25,26)27/h2-8H,1H3,(H,28,29). The van der Waals surface area contributed by atoms with E-state index in [4.69, 9.17) is 11.6 Å². The Labute approximate surface area is 175 Å². The predicted molar refractivity (Wildman–Crippen MR) is 102 cm³/mol. The molecule has 1 N–H and O–H groups in total. The number of benzene rings is 2. The van der Waals surface area contributed by atoms with Crippen molar-refractivity contribution in [3.63, 3.8) is 0 Å². The van der Waals surface area contributed by atoms with Crippen LogP contribution in [-0.4, -0.2) is 20.2 Å². The molecule has 0 bridgehead atoms. The fourth-order valence-electron chi connectivity index (χ4n) is 3.04. The maximum Gasteiger partial charge on any atom is 0.418 e. The van der Waals surface area contributed by atoms with Crippen molar-refractivity contribution >= 4 is 22.6 Å². The Balaban J connectivity index is 1.78. The minimum absolute atomic E-state index is 0.00439. The van der Waals surface area contributed by atoms with E-state index < -0.39 is 29.0 Å². The van der Waals surface area contributed by atoms with Crippen molar-refractivity contribution in [2.45, 2.75) is 19.3 Å². The lowest BCUT2D eigenvalue weighted by Gasteiger charge is -2.11. The van der Waals surface area contributed by atoms with Gasteiger partial charge in [0, 0.05) is 11.1 Å². The molecule has 0 spiro atoms. The molecule has 0 aliphatic rings. The van der Waals surface area contributed by atoms with E-state index in [0.29, 0.717) is 28.5 Å². The average Bonchev–Trinajstić information content (AvgIpc) is 3.12. The molecule has 0 fully saturated rings. The molecule has 31 heavy (non-hydrogen) atoms. The summed E-state index contributed by atoms with van der Waals surface area (Å²) in [4.78, 5) is 6.47. The first-order valence-electron chi connectivity index (χ1n) is 8.72. The smallest absolute Gasteiger partial charge is 0.338 e. The van der Waals surface area contributed by atoms with E-state index in [2.05, 4.69) is 20.2 Å². The van der Waals surface area contributed by atoms with E-state index in [0.717, 1.165) is 0 Å². The second-order valence-corrected chi connectivity index (χ2v) is 7.14. The van der Waals surface area contributed by atoms with Crippen molar-refractivity contribution < 1.29 is 26.3 Å². The Morgan fingerprint density at radius 3 is 2.06 bits per heavy atom. The molecular weight excluding hydrogens is 446 g/mol. The fourth-order valence-corrected chi connectivity index (χ4v) is 3.14. The lowest BCUT2D eigenvalue weighted by Crippen LogP contribution is -2.11. The molecule has 0 atom stereocenters. The number of nitrogens with zero attached hydrogens (tertiary/aromatic N) is 3. The third-order valence-electron chi connectivity index (χ3n) is 4.60. The Morgan fingerprint density at radius 2 is 1.48 bits per heavy atom. The van der Waals surface area contributed by atoms with Crippen molar-refractivity contribution in [2.75, 3.05) is 0 Å². The van der Waals surface area contributed by atoms with Crippen molar-refractivity contribution in [1.29, 1.82) is 0 Å². The lowest BCUT2D eigenvalue weighted by atomic mass is 10.1. The largest absolute Gasteiger partial charge is 0.418 e. The number of rotatable bonds is 2. The molecule has 2 aromatic heterocycles. The van der Waals surface area contributed by atoms with E-state index in [1.807, 2.05) is 0 Å². The van der Waals surface area contributed by atoms with E-state index in [9.17, 15) is 26.3 Å². The van der Waals surface area contributed by atoms with Crippen LogP contribution in [0.4, 0.5) is 26.3 Å². The van der Waals surface area contributed by atoms with Crippen LogP contribution in [0.25, 0.3) is 33.7 Å². The zero-order valence-corrected chi connectivity index (χ0v) is 16.3. The number of fused-ring (bicyclic) bond motifs is 1. The number of aryl methyl sites for hydroxylation is 1. The van der Waals surface area contributed by atoms with Crippen LogP contribution in [-0.2, 0) is 12.4 Å². The number of aromatic nitrogens is 4. The van der Waals surface area contributed by atoms with Gasteiger partial charge in [0.15, 0.2) is 5.15 Å². The fraction of sp³-hybridized carbons (Fsp3) is 0.150. The molecule has 2 aromatic carbocycles. The summed E-state index contributed by atoms with van der Waals surface area (Å²) in [6, 6.07) is 8.82. The number of imidazole rings is 1. The first-order chi connectivity index (χ1) is 14.4. The molecule has 0 amide bonds. The number of hydrogen-bond donors (Lipinski definition) is 1. The van der Waals surface area contributed by atoms with E-state index >= 15 is 0 Å². The first-order valence-corrected chi connectivity index (χ1v) is 9.10. The molecule has 4 rings (SSSR count). The van der Waals surface area contributed by atoms with Crippen LogP contribution in [0, 0.1) is 6.92 Å². The zero-order valence-electron chi connectivity index (χ0n) is 15.5. The highest BCUT2D eigenvalue weighted by atomic mass is 35.5. The van der Waals surface area contributed by atoms with Crippen LogP contribution in [0.2, 0.25) is 5.15 Å². The molecule has 0 unspecified atom stereocenters. The lowest BCUT2D eigenvalue weighted by molar-refractivity contribution is -0.142. The SMILES string of the molecule is Cc1cc(-c2ccc(-c3nc4c(C(F)(F)F)cc(C(F)(F)F)cc4[nH]3)cc2)nnc1Cl. The second-order valence-electron chi connectivity index (χ2n) is 6.78. The monoisotopic (exact) mass is 456 g/mol. The highest BCUT2D eigenvalue weighted by Crippen LogP contribution is 2.40. The number of hydrogen-bond acceptors (Lipinski definition) is 3. The third kappa shape index (κ3) is 4.07. The van der Waals surface area contributed by atoms with Crippen LogP contribution in [0.1, 0.15) is 16.7 Å². The highest BCUT2D eigenvalue weighted by molar-refractivity contribution is 6.30. The minimum Gasteiger partial charge on any atom is -0.338 e. The van der Waals surface area contributed by atoms with E-state index in [1.165, 1.54) is 0 Å². The van der Waals surface area contributed by atoms with Crippen molar-refractivity contribution in [2.24, 2.45) is 0 Å². The van der Waals surface area contributed by atoms with Gasteiger partial charge in [-0.05, 0) is 30.7 Å². The van der Waals surface area contributed by atoms with Gasteiger partial charge in [0.2, 0.25) is 0 Å². The predicted octanol–water partition coefficient (Wildman–Crippen LogP) is 6.69. The van der Waals surface area contributed by atoms with Gasteiger partial charge in [-0.2, -0.15) is 26.3 Å². The van der Waals surface area contributed by atoms with Gasteiger partial charge in [0.1, 0.15) is 11.3 Å². The van der Waals surface area contributed by atoms with Crippen LogP contribution in [0.5, 0.6) is 0 Å². The Morgan fingerprint density at radius 1 is 0.839 bits per heavy atom. The van der Waals surface area contributed by atoms with Crippen LogP contribution in [0.15, 0.2) is 42.5 Å². The Hall–Kier alpha value is -3.14. The number of nitrogens with one attached hydrogen (secondary N) is 1.